The molecule has 1 N–H and O–H groups in total. The van der Waals surface area contributed by atoms with Gasteiger partial charge < -0.3 is 14.8 Å². The highest BCUT2D eigenvalue weighted by Gasteiger charge is 2.04. The molecular formula is C13H19NO2. The van der Waals surface area contributed by atoms with Gasteiger partial charge in [-0.05, 0) is 11.5 Å². The number of benzene rings is 1. The monoisotopic (exact) mass is 221 g/mol. The van der Waals surface area contributed by atoms with Crippen LogP contribution in [0.2, 0.25) is 0 Å². The molecule has 0 aromatic heterocycles. The van der Waals surface area contributed by atoms with Gasteiger partial charge in [0, 0.05) is 5.56 Å². The summed E-state index contributed by atoms with van der Waals surface area (Å²) in [5.74, 6) is -0.473. The zero-order valence-corrected chi connectivity index (χ0v) is 10.1. The van der Waals surface area contributed by atoms with Gasteiger partial charge >= 0.3 is 0 Å². The van der Waals surface area contributed by atoms with Crippen LogP contribution in [0.25, 0.3) is 0 Å². The topological polar surface area (TPSA) is 44.6 Å². The highest BCUT2D eigenvalue weighted by atomic mass is 16.4. The van der Waals surface area contributed by atoms with Crippen LogP contribution in [0.1, 0.15) is 30.9 Å². The highest BCUT2D eigenvalue weighted by Crippen LogP contribution is 2.14. The molecule has 3 heteroatoms. The molecule has 0 aliphatic carbocycles. The van der Waals surface area contributed by atoms with Crippen molar-refractivity contribution >= 4 is 5.97 Å². The molecule has 0 saturated carbocycles. The van der Waals surface area contributed by atoms with Crippen LogP contribution in [0.5, 0.6) is 0 Å². The Labute approximate surface area is 96.7 Å². The van der Waals surface area contributed by atoms with E-state index in [1.54, 1.807) is 0 Å². The largest absolute Gasteiger partial charge is 0.544 e. The predicted octanol–water partition coefficient (Wildman–Crippen LogP) is -0.425. The first-order chi connectivity index (χ1) is 7.49. The Balaban J connectivity index is 2.58. The van der Waals surface area contributed by atoms with Crippen molar-refractivity contribution in [2.24, 2.45) is 0 Å². The quantitative estimate of drug-likeness (QED) is 0.733. The molecule has 0 fully saturated rings. The summed E-state index contributed by atoms with van der Waals surface area (Å²) in [5, 5.41) is 10.4. The third kappa shape index (κ3) is 4.03. The molecule has 0 spiro atoms. The van der Waals surface area contributed by atoms with E-state index in [9.17, 15) is 9.90 Å². The van der Waals surface area contributed by atoms with Gasteiger partial charge in [0.05, 0.1) is 13.0 Å². The van der Waals surface area contributed by atoms with Gasteiger partial charge in [-0.3, -0.25) is 0 Å². The molecule has 1 aromatic rings. The smallest absolute Gasteiger partial charge is 0.117 e. The summed E-state index contributed by atoms with van der Waals surface area (Å²) in [4.78, 5) is 11.3. The lowest BCUT2D eigenvalue weighted by molar-refractivity contribution is -0.887. The van der Waals surface area contributed by atoms with Crippen molar-refractivity contribution in [1.29, 1.82) is 0 Å². The standard InChI is InChI=1S/C13H19NO2/c1-10(2)12-6-4-11(5-7-12)8-14(3)9-13(15)16/h4-7,10H,8-9H2,1-3H3,(H,15,16). The molecule has 0 aliphatic heterocycles. The Hall–Kier alpha value is -1.35. The molecule has 1 atom stereocenters. The fourth-order valence-electron chi connectivity index (χ4n) is 1.68. The van der Waals surface area contributed by atoms with Crippen molar-refractivity contribution in [2.45, 2.75) is 26.3 Å². The maximum atomic E-state index is 10.4. The zero-order chi connectivity index (χ0) is 12.1. The van der Waals surface area contributed by atoms with Crippen molar-refractivity contribution in [3.63, 3.8) is 0 Å². The van der Waals surface area contributed by atoms with Gasteiger partial charge in [-0.1, -0.05) is 38.1 Å². The van der Waals surface area contributed by atoms with Crippen LogP contribution < -0.4 is 10.0 Å². The lowest BCUT2D eigenvalue weighted by atomic mass is 10.0. The summed E-state index contributed by atoms with van der Waals surface area (Å²) in [6.45, 7) is 5.07. The SMILES string of the molecule is CC(C)c1ccc(C[NH+](C)CC(=O)[O-])cc1. The van der Waals surface area contributed by atoms with E-state index in [1.165, 1.54) is 5.56 Å². The number of likely N-dealkylation sites (N-methyl/N-ethyl adjacent to an activating group) is 1. The third-order valence-corrected chi connectivity index (χ3v) is 2.60. The minimum absolute atomic E-state index is 0.0476. The van der Waals surface area contributed by atoms with E-state index in [1.807, 2.05) is 7.05 Å². The van der Waals surface area contributed by atoms with Gasteiger partial charge in [-0.2, -0.15) is 0 Å². The fourth-order valence-corrected chi connectivity index (χ4v) is 1.68. The van der Waals surface area contributed by atoms with E-state index in [0.717, 1.165) is 10.5 Å². The van der Waals surface area contributed by atoms with Crippen molar-refractivity contribution in [3.05, 3.63) is 35.4 Å². The molecule has 0 amide bonds. The van der Waals surface area contributed by atoms with E-state index in [0.29, 0.717) is 12.5 Å². The first-order valence-electron chi connectivity index (χ1n) is 5.59. The summed E-state index contributed by atoms with van der Waals surface area (Å²) in [6, 6.07) is 8.33. The maximum Gasteiger partial charge on any atom is 0.117 e. The lowest BCUT2D eigenvalue weighted by Gasteiger charge is -2.14. The number of carboxylic acid groups (broad SMARTS) is 1. The Morgan fingerprint density at radius 3 is 2.31 bits per heavy atom. The average Bonchev–Trinajstić information content (AvgIpc) is 2.16. The second kappa shape index (κ2) is 5.66. The summed E-state index contributed by atoms with van der Waals surface area (Å²) < 4.78 is 0. The second-order valence-electron chi connectivity index (χ2n) is 4.58. The lowest BCUT2D eigenvalue weighted by Crippen LogP contribution is -3.09. The first kappa shape index (κ1) is 12.7. The van der Waals surface area contributed by atoms with Crippen LogP contribution in [-0.4, -0.2) is 19.6 Å². The van der Waals surface area contributed by atoms with Crippen LogP contribution >= 0.6 is 0 Å². The van der Waals surface area contributed by atoms with Gasteiger partial charge in [0.25, 0.3) is 0 Å². The molecule has 16 heavy (non-hydrogen) atoms. The van der Waals surface area contributed by atoms with Gasteiger partial charge in [0.1, 0.15) is 13.1 Å². The number of carbonyl (C=O) groups excluding carboxylic acids is 1. The number of hydrogen-bond donors (Lipinski definition) is 1. The van der Waals surface area contributed by atoms with E-state index in [4.69, 9.17) is 0 Å². The van der Waals surface area contributed by atoms with Crippen LogP contribution in [0.4, 0.5) is 0 Å². The van der Waals surface area contributed by atoms with E-state index >= 15 is 0 Å². The molecule has 0 bridgehead atoms. The summed E-state index contributed by atoms with van der Waals surface area (Å²) in [6.07, 6.45) is 0. The highest BCUT2D eigenvalue weighted by molar-refractivity contribution is 5.65. The summed E-state index contributed by atoms with van der Waals surface area (Å²) in [5.41, 5.74) is 2.46. The molecule has 1 aromatic carbocycles. The van der Waals surface area contributed by atoms with E-state index in [-0.39, 0.29) is 6.54 Å². The van der Waals surface area contributed by atoms with E-state index in [2.05, 4.69) is 38.1 Å². The number of quaternary nitrogens is 1. The molecule has 88 valence electrons. The van der Waals surface area contributed by atoms with Gasteiger partial charge in [0.2, 0.25) is 0 Å². The normalized spacial score (nSPS) is 12.8. The molecule has 1 rings (SSSR count). The van der Waals surface area contributed by atoms with Crippen molar-refractivity contribution < 1.29 is 14.8 Å². The number of carbonyl (C=O) groups is 1. The Morgan fingerprint density at radius 2 is 1.88 bits per heavy atom. The molecular weight excluding hydrogens is 202 g/mol. The number of rotatable bonds is 5. The Bertz CT molecular complexity index is 343. The minimum atomic E-state index is -1.00. The van der Waals surface area contributed by atoms with Crippen LogP contribution in [-0.2, 0) is 11.3 Å². The number of aliphatic carboxylic acids is 1. The summed E-state index contributed by atoms with van der Waals surface area (Å²) >= 11 is 0. The van der Waals surface area contributed by atoms with Crippen molar-refractivity contribution in [1.82, 2.24) is 0 Å². The van der Waals surface area contributed by atoms with Gasteiger partial charge in [-0.15, -0.1) is 0 Å². The minimum Gasteiger partial charge on any atom is -0.544 e. The van der Waals surface area contributed by atoms with Gasteiger partial charge in [-0.25, -0.2) is 0 Å². The van der Waals surface area contributed by atoms with Crippen molar-refractivity contribution in [3.8, 4) is 0 Å². The second-order valence-corrected chi connectivity index (χ2v) is 4.58. The van der Waals surface area contributed by atoms with Crippen LogP contribution in [0, 0.1) is 0 Å². The van der Waals surface area contributed by atoms with Crippen LogP contribution in [0.15, 0.2) is 24.3 Å². The summed E-state index contributed by atoms with van der Waals surface area (Å²) in [7, 11) is 1.85. The molecule has 0 radical (unpaired) electrons. The Kier molecular flexibility index (Phi) is 4.50. The number of carboxylic acids is 1. The molecule has 0 heterocycles. The van der Waals surface area contributed by atoms with E-state index < -0.39 is 5.97 Å². The van der Waals surface area contributed by atoms with Crippen molar-refractivity contribution in [2.75, 3.05) is 13.6 Å². The molecule has 0 saturated heterocycles. The maximum absolute atomic E-state index is 10.4. The average molecular weight is 221 g/mol. The Morgan fingerprint density at radius 1 is 1.31 bits per heavy atom. The fraction of sp³-hybridized carbons (Fsp3) is 0.462. The first-order valence-corrected chi connectivity index (χ1v) is 5.59. The predicted molar refractivity (Wildman–Crippen MR) is 61.0 cm³/mol. The molecule has 0 aliphatic rings. The molecule has 1 unspecified atom stereocenters. The number of nitrogens with one attached hydrogen (secondary N) is 1. The number of hydrogen-bond acceptors (Lipinski definition) is 2. The third-order valence-electron chi connectivity index (χ3n) is 2.60. The molecule has 3 nitrogen and oxygen atoms in total. The van der Waals surface area contributed by atoms with Crippen LogP contribution in [0.3, 0.4) is 0 Å². The van der Waals surface area contributed by atoms with Gasteiger partial charge in [0.15, 0.2) is 0 Å². The zero-order valence-electron chi connectivity index (χ0n) is 10.1.